The number of hydrogen-bond donors (Lipinski definition) is 1. The van der Waals surface area contributed by atoms with Crippen molar-refractivity contribution in [2.24, 2.45) is 0 Å². The van der Waals surface area contributed by atoms with Crippen LogP contribution in [0, 0.1) is 11.3 Å². The maximum absolute atomic E-state index is 11.5. The summed E-state index contributed by atoms with van der Waals surface area (Å²) in [4.78, 5) is 1.40. The Kier molecular flexibility index (Phi) is 4.54. The Balaban J connectivity index is 2.22. The number of aromatic nitrogens is 1. The molecule has 0 aliphatic carbocycles. The fourth-order valence-corrected chi connectivity index (χ4v) is 4.49. The number of halogens is 1. The molecule has 1 N–H and O–H groups in total. The van der Waals surface area contributed by atoms with Crippen molar-refractivity contribution in [1.29, 1.82) is 5.26 Å². The molecule has 0 amide bonds. The molecule has 8 heteroatoms. The first-order chi connectivity index (χ1) is 11.7. The fraction of sp³-hybridized carbons (Fsp3) is 0.235. The number of hydrogen-bond acceptors (Lipinski definition) is 4. The summed E-state index contributed by atoms with van der Waals surface area (Å²) >= 11 is 7.47. The third-order valence-corrected chi connectivity index (χ3v) is 5.84. The molecule has 0 aliphatic rings. The number of nitrogens with one attached hydrogen (secondary N) is 1. The van der Waals surface area contributed by atoms with E-state index in [1.54, 1.807) is 12.1 Å². The zero-order chi connectivity index (χ0) is 18.4. The third-order valence-electron chi connectivity index (χ3n) is 3.75. The summed E-state index contributed by atoms with van der Waals surface area (Å²) in [5.74, 6) is 0. The maximum atomic E-state index is 11.5. The van der Waals surface area contributed by atoms with E-state index in [9.17, 15) is 8.42 Å². The summed E-state index contributed by atoms with van der Waals surface area (Å²) < 4.78 is 27.6. The highest BCUT2D eigenvalue weighted by Crippen LogP contribution is 2.40. The third kappa shape index (κ3) is 3.52. The number of nitriles is 1. The van der Waals surface area contributed by atoms with Crippen LogP contribution in [0.3, 0.4) is 0 Å². The summed E-state index contributed by atoms with van der Waals surface area (Å²) in [6.45, 7) is 4.12. The number of fused-ring (bicyclic) bond motifs is 1. The van der Waals surface area contributed by atoms with Gasteiger partial charge in [0.1, 0.15) is 10.9 Å². The molecule has 0 saturated heterocycles. The summed E-state index contributed by atoms with van der Waals surface area (Å²) in [6, 6.07) is 9.53. The lowest BCUT2D eigenvalue weighted by Gasteiger charge is -2.10. The van der Waals surface area contributed by atoms with Gasteiger partial charge < -0.3 is 4.57 Å². The second kappa shape index (κ2) is 6.37. The number of sulfonamides is 1. The molecule has 2 aromatic heterocycles. The van der Waals surface area contributed by atoms with Gasteiger partial charge in [-0.1, -0.05) is 17.7 Å². The van der Waals surface area contributed by atoms with Crippen LogP contribution in [0.25, 0.3) is 21.3 Å². The Labute approximate surface area is 155 Å². The molecule has 1 aromatic carbocycles. The zero-order valence-electron chi connectivity index (χ0n) is 13.9. The number of nitrogens with zero attached hydrogens (tertiary/aromatic N) is 2. The maximum Gasteiger partial charge on any atom is 0.229 e. The van der Waals surface area contributed by atoms with Gasteiger partial charge in [-0.2, -0.15) is 5.26 Å². The quantitative estimate of drug-likeness (QED) is 0.688. The molecule has 0 bridgehead atoms. The van der Waals surface area contributed by atoms with Crippen LogP contribution in [0.1, 0.15) is 24.8 Å². The summed E-state index contributed by atoms with van der Waals surface area (Å²) in [5.41, 5.74) is 2.41. The van der Waals surface area contributed by atoms with Crippen LogP contribution in [0.5, 0.6) is 0 Å². The molecule has 0 aliphatic heterocycles. The van der Waals surface area contributed by atoms with E-state index in [0.717, 1.165) is 27.6 Å². The zero-order valence-corrected chi connectivity index (χ0v) is 16.3. The Morgan fingerprint density at radius 2 is 2.04 bits per heavy atom. The number of thiophene rings is 1. The minimum absolute atomic E-state index is 0.190. The monoisotopic (exact) mass is 393 g/mol. The van der Waals surface area contributed by atoms with E-state index in [2.05, 4.69) is 29.2 Å². The standard InChI is InChI=1S/C17H16ClN3O2S2/c1-10(2)21-9-13(16-7-14(18)17(8-19)24-16)12-5-4-11(6-15(12)21)20-25(3,22)23/h4-7,9-10,20H,1-3H3. The predicted molar refractivity (Wildman–Crippen MR) is 104 cm³/mol. The Morgan fingerprint density at radius 1 is 1.32 bits per heavy atom. The SMILES string of the molecule is CC(C)n1cc(-c2cc(Cl)c(C#N)s2)c2ccc(NS(C)(=O)=O)cc21. The lowest BCUT2D eigenvalue weighted by Crippen LogP contribution is -2.09. The average Bonchev–Trinajstić information content (AvgIpc) is 3.05. The van der Waals surface area contributed by atoms with E-state index in [0.29, 0.717) is 15.6 Å². The van der Waals surface area contributed by atoms with E-state index >= 15 is 0 Å². The molecule has 0 spiro atoms. The van der Waals surface area contributed by atoms with Crippen molar-refractivity contribution >= 4 is 49.6 Å². The highest BCUT2D eigenvalue weighted by atomic mass is 35.5. The van der Waals surface area contributed by atoms with E-state index in [1.165, 1.54) is 11.3 Å². The van der Waals surface area contributed by atoms with Gasteiger partial charge in [-0.25, -0.2) is 8.42 Å². The molecule has 0 radical (unpaired) electrons. The topological polar surface area (TPSA) is 74.9 Å². The van der Waals surface area contributed by atoms with Crippen molar-refractivity contribution < 1.29 is 8.42 Å². The second-order valence-corrected chi connectivity index (χ2v) is 9.26. The first-order valence-corrected chi connectivity index (χ1v) is 10.6. The second-order valence-electron chi connectivity index (χ2n) is 6.05. The predicted octanol–water partition coefficient (Wildman–Crippen LogP) is 4.85. The normalized spacial score (nSPS) is 11.8. The van der Waals surface area contributed by atoms with Crippen molar-refractivity contribution in [3.8, 4) is 16.5 Å². The highest BCUT2D eigenvalue weighted by Gasteiger charge is 2.17. The molecular formula is C17H16ClN3O2S2. The van der Waals surface area contributed by atoms with Gasteiger partial charge in [0.15, 0.2) is 0 Å². The molecular weight excluding hydrogens is 378 g/mol. The number of anilines is 1. The van der Waals surface area contributed by atoms with Gasteiger partial charge in [-0.15, -0.1) is 11.3 Å². The molecule has 0 atom stereocenters. The lowest BCUT2D eigenvalue weighted by atomic mass is 10.1. The van der Waals surface area contributed by atoms with Gasteiger partial charge in [0.2, 0.25) is 10.0 Å². The van der Waals surface area contributed by atoms with E-state index in [4.69, 9.17) is 16.9 Å². The molecule has 2 heterocycles. The largest absolute Gasteiger partial charge is 0.344 e. The summed E-state index contributed by atoms with van der Waals surface area (Å²) in [5, 5.41) is 10.6. The van der Waals surface area contributed by atoms with Crippen LogP contribution >= 0.6 is 22.9 Å². The van der Waals surface area contributed by atoms with Crippen molar-refractivity contribution in [2.45, 2.75) is 19.9 Å². The van der Waals surface area contributed by atoms with Gasteiger partial charge in [0.25, 0.3) is 0 Å². The average molecular weight is 394 g/mol. The van der Waals surface area contributed by atoms with Gasteiger partial charge in [-0.3, -0.25) is 4.72 Å². The summed E-state index contributed by atoms with van der Waals surface area (Å²) in [7, 11) is -3.34. The molecule has 3 rings (SSSR count). The molecule has 0 unspecified atom stereocenters. The molecule has 3 aromatic rings. The Hall–Kier alpha value is -2.01. The lowest BCUT2D eigenvalue weighted by molar-refractivity contribution is 0.607. The van der Waals surface area contributed by atoms with Crippen molar-refractivity contribution in [3.63, 3.8) is 0 Å². The van der Waals surface area contributed by atoms with Crippen LogP contribution in [0.15, 0.2) is 30.5 Å². The highest BCUT2D eigenvalue weighted by molar-refractivity contribution is 7.92. The van der Waals surface area contributed by atoms with E-state index in [-0.39, 0.29) is 6.04 Å². The molecule has 25 heavy (non-hydrogen) atoms. The van der Waals surface area contributed by atoms with Crippen molar-refractivity contribution in [3.05, 3.63) is 40.4 Å². The number of benzene rings is 1. The smallest absolute Gasteiger partial charge is 0.229 e. The Morgan fingerprint density at radius 3 is 2.60 bits per heavy atom. The van der Waals surface area contributed by atoms with Gasteiger partial charge in [0, 0.05) is 28.1 Å². The first kappa shape index (κ1) is 17.8. The van der Waals surface area contributed by atoms with Gasteiger partial charge in [-0.05, 0) is 32.0 Å². The van der Waals surface area contributed by atoms with Crippen LogP contribution in [0.4, 0.5) is 5.69 Å². The fourth-order valence-electron chi connectivity index (χ4n) is 2.73. The van der Waals surface area contributed by atoms with Crippen LogP contribution in [-0.4, -0.2) is 19.2 Å². The molecule has 0 saturated carbocycles. The summed E-state index contributed by atoms with van der Waals surface area (Å²) in [6.07, 6.45) is 3.14. The van der Waals surface area contributed by atoms with Gasteiger partial charge >= 0.3 is 0 Å². The van der Waals surface area contributed by atoms with Crippen molar-refractivity contribution in [1.82, 2.24) is 4.57 Å². The minimum Gasteiger partial charge on any atom is -0.344 e. The van der Waals surface area contributed by atoms with E-state index in [1.807, 2.05) is 18.3 Å². The molecule has 0 fully saturated rings. The van der Waals surface area contributed by atoms with Gasteiger partial charge in [0.05, 0.1) is 22.5 Å². The first-order valence-electron chi connectivity index (χ1n) is 7.52. The van der Waals surface area contributed by atoms with Crippen LogP contribution in [-0.2, 0) is 10.0 Å². The number of rotatable bonds is 4. The van der Waals surface area contributed by atoms with E-state index < -0.39 is 10.0 Å². The molecule has 5 nitrogen and oxygen atoms in total. The molecule has 130 valence electrons. The van der Waals surface area contributed by atoms with Crippen molar-refractivity contribution in [2.75, 3.05) is 11.0 Å². The Bertz CT molecular complexity index is 1110. The minimum atomic E-state index is -3.34. The van der Waals surface area contributed by atoms with Crippen LogP contribution < -0.4 is 4.72 Å². The van der Waals surface area contributed by atoms with Crippen LogP contribution in [0.2, 0.25) is 5.02 Å².